The predicted octanol–water partition coefficient (Wildman–Crippen LogP) is 5.58. The van der Waals surface area contributed by atoms with Crippen molar-refractivity contribution in [3.8, 4) is 17.1 Å². The van der Waals surface area contributed by atoms with E-state index in [1.54, 1.807) is 22.8 Å². The van der Waals surface area contributed by atoms with Crippen molar-refractivity contribution >= 4 is 38.4 Å². The molecule has 7 heteroatoms. The Hall–Kier alpha value is -2.67. The van der Waals surface area contributed by atoms with E-state index in [0.717, 1.165) is 15.8 Å². The summed E-state index contributed by atoms with van der Waals surface area (Å²) in [6, 6.07) is 22.3. The van der Waals surface area contributed by atoms with Gasteiger partial charge in [-0.1, -0.05) is 35.9 Å². The van der Waals surface area contributed by atoms with Crippen LogP contribution in [0.1, 0.15) is 0 Å². The highest BCUT2D eigenvalue weighted by molar-refractivity contribution is 9.10. The van der Waals surface area contributed by atoms with Gasteiger partial charge in [-0.2, -0.15) is 0 Å². The Morgan fingerprint density at radius 3 is 2.45 bits per heavy atom. The number of hydrogen-bond donors (Lipinski definition) is 0. The first kappa shape index (κ1) is 21.6. The highest BCUT2D eigenvalue weighted by Crippen LogP contribution is 2.24. The molecule has 1 aromatic heterocycles. The van der Waals surface area contributed by atoms with Gasteiger partial charge in [0.25, 0.3) is 5.56 Å². The molecule has 4 aromatic rings. The first-order valence-electron chi connectivity index (χ1n) is 9.84. The summed E-state index contributed by atoms with van der Waals surface area (Å²) in [5.41, 5.74) is 1.39. The number of benzene rings is 3. The maximum atomic E-state index is 13.1. The standard InChI is InChI=1S/C24H20BrClN2O3/c25-20-6-2-4-8-22(20)31-16-15-30-14-13-28-23(17-9-11-18(26)12-10-17)27-21-7-3-1-5-19(21)24(28)29/h1-12H,13-16H2. The fraction of sp³-hybridized carbons (Fsp3) is 0.167. The fourth-order valence-corrected chi connectivity index (χ4v) is 3.75. The van der Waals surface area contributed by atoms with Gasteiger partial charge in [-0.3, -0.25) is 9.36 Å². The second-order valence-corrected chi connectivity index (χ2v) is 8.10. The summed E-state index contributed by atoms with van der Waals surface area (Å²) >= 11 is 9.48. The Morgan fingerprint density at radius 1 is 0.903 bits per heavy atom. The van der Waals surface area contributed by atoms with Gasteiger partial charge in [0.1, 0.15) is 18.2 Å². The Balaban J connectivity index is 1.48. The SMILES string of the molecule is O=c1c2ccccc2nc(-c2ccc(Cl)cc2)n1CCOCCOc1ccccc1Br. The number of ether oxygens (including phenoxy) is 2. The molecule has 0 fully saturated rings. The van der Waals surface area contributed by atoms with Crippen LogP contribution in [0.4, 0.5) is 0 Å². The Labute approximate surface area is 193 Å². The van der Waals surface area contributed by atoms with Crippen LogP contribution in [-0.2, 0) is 11.3 Å². The molecule has 0 saturated carbocycles. The topological polar surface area (TPSA) is 53.4 Å². The summed E-state index contributed by atoms with van der Waals surface area (Å²) in [5.74, 6) is 1.36. The maximum absolute atomic E-state index is 13.1. The van der Waals surface area contributed by atoms with Gasteiger partial charge in [0.15, 0.2) is 0 Å². The lowest BCUT2D eigenvalue weighted by molar-refractivity contribution is 0.0938. The third-order valence-corrected chi connectivity index (χ3v) is 5.65. The van der Waals surface area contributed by atoms with Gasteiger partial charge in [-0.25, -0.2) is 4.98 Å². The molecular formula is C24H20BrClN2O3. The molecule has 158 valence electrons. The van der Waals surface area contributed by atoms with Crippen LogP contribution in [0.3, 0.4) is 0 Å². The molecule has 0 bridgehead atoms. The lowest BCUT2D eigenvalue weighted by atomic mass is 10.2. The summed E-state index contributed by atoms with van der Waals surface area (Å²) in [7, 11) is 0. The Morgan fingerprint density at radius 2 is 1.65 bits per heavy atom. The van der Waals surface area contributed by atoms with Crippen molar-refractivity contribution in [1.82, 2.24) is 9.55 Å². The highest BCUT2D eigenvalue weighted by atomic mass is 79.9. The van der Waals surface area contributed by atoms with Crippen molar-refractivity contribution in [2.75, 3.05) is 19.8 Å². The molecule has 4 rings (SSSR count). The van der Waals surface area contributed by atoms with E-state index in [9.17, 15) is 4.79 Å². The molecule has 0 aliphatic heterocycles. The highest BCUT2D eigenvalue weighted by Gasteiger charge is 2.12. The zero-order valence-corrected chi connectivity index (χ0v) is 19.0. The van der Waals surface area contributed by atoms with E-state index < -0.39 is 0 Å². The largest absolute Gasteiger partial charge is 0.490 e. The van der Waals surface area contributed by atoms with Gasteiger partial charge in [-0.15, -0.1) is 0 Å². The predicted molar refractivity (Wildman–Crippen MR) is 127 cm³/mol. The van der Waals surface area contributed by atoms with Crippen LogP contribution in [0.25, 0.3) is 22.3 Å². The average Bonchev–Trinajstić information content (AvgIpc) is 2.79. The summed E-state index contributed by atoms with van der Waals surface area (Å²) in [6.45, 7) is 1.56. The lowest BCUT2D eigenvalue weighted by Gasteiger charge is -2.14. The minimum Gasteiger partial charge on any atom is -0.490 e. The van der Waals surface area contributed by atoms with Crippen molar-refractivity contribution in [2.24, 2.45) is 0 Å². The molecule has 0 unspecified atom stereocenters. The molecule has 0 atom stereocenters. The fourth-order valence-electron chi connectivity index (χ4n) is 3.23. The molecule has 31 heavy (non-hydrogen) atoms. The Bertz CT molecular complexity index is 1240. The molecular weight excluding hydrogens is 480 g/mol. The van der Waals surface area contributed by atoms with Gasteiger partial charge < -0.3 is 9.47 Å². The molecule has 0 radical (unpaired) electrons. The number of rotatable bonds is 8. The van der Waals surface area contributed by atoms with Crippen molar-refractivity contribution in [1.29, 1.82) is 0 Å². The first-order valence-corrected chi connectivity index (χ1v) is 11.0. The summed E-state index contributed by atoms with van der Waals surface area (Å²) in [4.78, 5) is 17.9. The van der Waals surface area contributed by atoms with Crippen molar-refractivity contribution in [3.05, 3.63) is 92.6 Å². The van der Waals surface area contributed by atoms with Gasteiger partial charge in [0.2, 0.25) is 0 Å². The number of fused-ring (bicyclic) bond motifs is 1. The number of halogens is 2. The van der Waals surface area contributed by atoms with E-state index in [4.69, 9.17) is 26.1 Å². The van der Waals surface area contributed by atoms with Crippen LogP contribution in [0.15, 0.2) is 82.1 Å². The van der Waals surface area contributed by atoms with Gasteiger partial charge >= 0.3 is 0 Å². The van der Waals surface area contributed by atoms with Crippen LogP contribution in [0, 0.1) is 0 Å². The van der Waals surface area contributed by atoms with Crippen LogP contribution < -0.4 is 10.3 Å². The molecule has 5 nitrogen and oxygen atoms in total. The third-order valence-electron chi connectivity index (χ3n) is 4.75. The van der Waals surface area contributed by atoms with Crippen molar-refractivity contribution in [2.45, 2.75) is 6.54 Å². The number of hydrogen-bond acceptors (Lipinski definition) is 4. The van der Waals surface area contributed by atoms with E-state index in [1.165, 1.54) is 0 Å². The molecule has 0 saturated heterocycles. The number of aromatic nitrogens is 2. The zero-order chi connectivity index (χ0) is 21.6. The van der Waals surface area contributed by atoms with Gasteiger partial charge in [0, 0.05) is 10.6 Å². The molecule has 0 aliphatic carbocycles. The van der Waals surface area contributed by atoms with E-state index >= 15 is 0 Å². The van der Waals surface area contributed by atoms with Crippen LogP contribution in [0.2, 0.25) is 5.02 Å². The van der Waals surface area contributed by atoms with E-state index in [-0.39, 0.29) is 5.56 Å². The van der Waals surface area contributed by atoms with Crippen molar-refractivity contribution < 1.29 is 9.47 Å². The molecule has 1 heterocycles. The monoisotopic (exact) mass is 498 g/mol. The summed E-state index contributed by atoms with van der Waals surface area (Å²) < 4.78 is 14.0. The molecule has 0 N–H and O–H groups in total. The average molecular weight is 500 g/mol. The molecule has 0 aliphatic rings. The number of nitrogens with zero attached hydrogens (tertiary/aromatic N) is 2. The molecule has 3 aromatic carbocycles. The van der Waals surface area contributed by atoms with E-state index in [0.29, 0.717) is 48.1 Å². The molecule has 0 spiro atoms. The lowest BCUT2D eigenvalue weighted by Crippen LogP contribution is -2.26. The molecule has 0 amide bonds. The summed E-state index contributed by atoms with van der Waals surface area (Å²) in [6.07, 6.45) is 0. The Kier molecular flexibility index (Phi) is 7.02. The van der Waals surface area contributed by atoms with Crippen molar-refractivity contribution in [3.63, 3.8) is 0 Å². The van der Waals surface area contributed by atoms with E-state index in [2.05, 4.69) is 15.9 Å². The minimum atomic E-state index is -0.0939. The minimum absolute atomic E-state index is 0.0939. The van der Waals surface area contributed by atoms with Gasteiger partial charge in [-0.05, 0) is 64.5 Å². The second-order valence-electron chi connectivity index (χ2n) is 6.81. The second kappa shape index (κ2) is 10.1. The first-order chi connectivity index (χ1) is 15.1. The maximum Gasteiger partial charge on any atom is 0.261 e. The normalized spacial score (nSPS) is 11.0. The smallest absolute Gasteiger partial charge is 0.261 e. The zero-order valence-electron chi connectivity index (χ0n) is 16.6. The van der Waals surface area contributed by atoms with Crippen LogP contribution in [-0.4, -0.2) is 29.4 Å². The van der Waals surface area contributed by atoms with Crippen LogP contribution >= 0.6 is 27.5 Å². The summed E-state index contributed by atoms with van der Waals surface area (Å²) in [5, 5.41) is 1.21. The quantitative estimate of drug-likeness (QED) is 0.297. The van der Waals surface area contributed by atoms with Gasteiger partial charge in [0.05, 0.1) is 35.1 Å². The van der Waals surface area contributed by atoms with E-state index in [1.807, 2.05) is 54.6 Å². The number of para-hydroxylation sites is 2. The van der Waals surface area contributed by atoms with Crippen LogP contribution in [0.5, 0.6) is 5.75 Å². The third kappa shape index (κ3) is 5.15.